The quantitative estimate of drug-likeness (QED) is 0.724. The van der Waals surface area contributed by atoms with Crippen LogP contribution in [-0.2, 0) is 4.79 Å². The van der Waals surface area contributed by atoms with Crippen molar-refractivity contribution in [3.63, 3.8) is 0 Å². The lowest BCUT2D eigenvalue weighted by Gasteiger charge is -2.01. The van der Waals surface area contributed by atoms with Crippen LogP contribution in [0.15, 0.2) is 63.8 Å². The molecule has 0 fully saturated rings. The van der Waals surface area contributed by atoms with Crippen molar-refractivity contribution in [3.8, 4) is 0 Å². The van der Waals surface area contributed by atoms with Crippen molar-refractivity contribution < 1.29 is 9.21 Å². The molecule has 5 heteroatoms. The maximum atomic E-state index is 11.8. The summed E-state index contributed by atoms with van der Waals surface area (Å²) < 4.78 is 4.90. The Morgan fingerprint density at radius 1 is 1.14 bits per heavy atom. The molecule has 2 aromatic carbocycles. The largest absolute Gasteiger partial charge is 0.417 e. The minimum absolute atomic E-state index is 0.246. The van der Waals surface area contributed by atoms with Gasteiger partial charge in [0.15, 0.2) is 5.58 Å². The van der Waals surface area contributed by atoms with E-state index in [2.05, 4.69) is 10.3 Å². The van der Waals surface area contributed by atoms with Gasteiger partial charge in [0.25, 0.3) is 0 Å². The number of amides is 1. The monoisotopic (exact) mass is 280 g/mol. The standard InChI is InChI=1S/C16H12N2O3/c19-15(9-6-11-4-2-1-3-5-11)17-12-7-8-14-13(10-12)18-16(20)21-14/h1-10H,(H,17,19)(H,18,20)/b9-6+. The van der Waals surface area contributed by atoms with Crippen LogP contribution < -0.4 is 11.1 Å². The third-order valence-corrected chi connectivity index (χ3v) is 2.91. The molecule has 5 nitrogen and oxygen atoms in total. The molecule has 0 aliphatic heterocycles. The molecule has 3 rings (SSSR count). The Morgan fingerprint density at radius 3 is 2.76 bits per heavy atom. The Kier molecular flexibility index (Phi) is 3.39. The molecule has 0 unspecified atom stereocenters. The number of anilines is 1. The van der Waals surface area contributed by atoms with E-state index in [0.29, 0.717) is 16.8 Å². The van der Waals surface area contributed by atoms with Crippen LogP contribution in [0.3, 0.4) is 0 Å². The molecule has 3 aromatic rings. The van der Waals surface area contributed by atoms with Crippen LogP contribution in [0.2, 0.25) is 0 Å². The third kappa shape index (κ3) is 3.09. The fourth-order valence-electron chi connectivity index (χ4n) is 1.95. The maximum absolute atomic E-state index is 11.8. The molecule has 0 spiro atoms. The van der Waals surface area contributed by atoms with Crippen molar-refractivity contribution in [2.45, 2.75) is 0 Å². The highest BCUT2D eigenvalue weighted by molar-refractivity contribution is 6.02. The van der Waals surface area contributed by atoms with Crippen LogP contribution in [-0.4, -0.2) is 10.9 Å². The lowest BCUT2D eigenvalue weighted by atomic mass is 10.2. The smallest absolute Gasteiger partial charge is 0.408 e. The molecule has 0 radical (unpaired) electrons. The zero-order valence-electron chi connectivity index (χ0n) is 11.0. The van der Waals surface area contributed by atoms with Gasteiger partial charge in [0.2, 0.25) is 5.91 Å². The third-order valence-electron chi connectivity index (χ3n) is 2.91. The summed E-state index contributed by atoms with van der Waals surface area (Å²) in [5.74, 6) is -0.763. The number of rotatable bonds is 3. The average molecular weight is 280 g/mol. The van der Waals surface area contributed by atoms with Gasteiger partial charge in [0.05, 0.1) is 5.52 Å². The molecule has 1 heterocycles. The number of nitrogens with one attached hydrogen (secondary N) is 2. The van der Waals surface area contributed by atoms with Crippen LogP contribution in [0, 0.1) is 0 Å². The average Bonchev–Trinajstić information content (AvgIpc) is 2.85. The molecule has 0 saturated carbocycles. The summed E-state index contributed by atoms with van der Waals surface area (Å²) in [7, 11) is 0. The van der Waals surface area contributed by atoms with Crippen molar-refractivity contribution >= 4 is 28.8 Å². The Morgan fingerprint density at radius 2 is 1.95 bits per heavy atom. The van der Waals surface area contributed by atoms with E-state index in [1.54, 1.807) is 24.3 Å². The van der Waals surface area contributed by atoms with E-state index >= 15 is 0 Å². The lowest BCUT2D eigenvalue weighted by Crippen LogP contribution is -2.07. The molecule has 21 heavy (non-hydrogen) atoms. The van der Waals surface area contributed by atoms with E-state index in [-0.39, 0.29) is 5.91 Å². The van der Waals surface area contributed by atoms with Gasteiger partial charge in [-0.15, -0.1) is 0 Å². The first-order valence-electron chi connectivity index (χ1n) is 6.38. The predicted molar refractivity (Wildman–Crippen MR) is 80.9 cm³/mol. The number of benzene rings is 2. The van der Waals surface area contributed by atoms with Gasteiger partial charge >= 0.3 is 5.76 Å². The molecule has 1 amide bonds. The van der Waals surface area contributed by atoms with E-state index in [9.17, 15) is 9.59 Å². The molecule has 2 N–H and O–H groups in total. The van der Waals surface area contributed by atoms with Crippen LogP contribution in [0.1, 0.15) is 5.56 Å². The van der Waals surface area contributed by atoms with Crippen molar-refractivity contribution in [3.05, 3.63) is 70.7 Å². The van der Waals surface area contributed by atoms with E-state index < -0.39 is 5.76 Å². The second-order valence-corrected chi connectivity index (χ2v) is 4.46. The Bertz CT molecular complexity index is 860. The van der Waals surface area contributed by atoms with Gasteiger partial charge in [0, 0.05) is 11.8 Å². The number of hydrogen-bond acceptors (Lipinski definition) is 3. The highest BCUT2D eigenvalue weighted by Gasteiger charge is 2.03. The second-order valence-electron chi connectivity index (χ2n) is 4.46. The number of aromatic nitrogens is 1. The van der Waals surface area contributed by atoms with Crippen molar-refractivity contribution in [1.82, 2.24) is 4.98 Å². The molecular formula is C16H12N2O3. The lowest BCUT2D eigenvalue weighted by molar-refractivity contribution is -0.111. The predicted octanol–water partition coefficient (Wildman–Crippen LogP) is 2.77. The minimum Gasteiger partial charge on any atom is -0.408 e. The van der Waals surface area contributed by atoms with Gasteiger partial charge in [-0.2, -0.15) is 0 Å². The summed E-state index contributed by atoms with van der Waals surface area (Å²) in [4.78, 5) is 25.4. The van der Waals surface area contributed by atoms with E-state index in [0.717, 1.165) is 5.56 Å². The van der Waals surface area contributed by atoms with Crippen molar-refractivity contribution in [1.29, 1.82) is 0 Å². The first-order chi connectivity index (χ1) is 10.2. The van der Waals surface area contributed by atoms with Crippen molar-refractivity contribution in [2.24, 2.45) is 0 Å². The number of H-pyrrole nitrogens is 1. The van der Waals surface area contributed by atoms with E-state index in [4.69, 9.17) is 4.42 Å². The SMILES string of the molecule is O=C(/C=C/c1ccccc1)Nc1ccc2oc(=O)[nH]c2c1. The summed E-state index contributed by atoms with van der Waals surface area (Å²) in [6.07, 6.45) is 3.19. The van der Waals surface area contributed by atoms with Crippen LogP contribution >= 0.6 is 0 Å². The van der Waals surface area contributed by atoms with E-state index in [1.807, 2.05) is 30.3 Å². The molecular weight excluding hydrogens is 268 g/mol. The van der Waals surface area contributed by atoms with Crippen LogP contribution in [0.5, 0.6) is 0 Å². The first kappa shape index (κ1) is 12.9. The Hall–Kier alpha value is -3.08. The summed E-state index contributed by atoms with van der Waals surface area (Å²) in [5.41, 5.74) is 2.53. The summed E-state index contributed by atoms with van der Waals surface area (Å²) >= 11 is 0. The van der Waals surface area contributed by atoms with Crippen molar-refractivity contribution in [2.75, 3.05) is 5.32 Å². The summed E-state index contributed by atoms with van der Waals surface area (Å²) in [6, 6.07) is 14.5. The second kappa shape index (κ2) is 5.50. The molecule has 0 saturated heterocycles. The first-order valence-corrected chi connectivity index (χ1v) is 6.38. The van der Waals surface area contributed by atoms with E-state index in [1.165, 1.54) is 6.08 Å². The number of oxazole rings is 1. The van der Waals surface area contributed by atoms with Gasteiger partial charge in [-0.3, -0.25) is 9.78 Å². The minimum atomic E-state index is -0.516. The Balaban J connectivity index is 1.74. The molecule has 0 aliphatic rings. The van der Waals surface area contributed by atoms with Crippen LogP contribution in [0.25, 0.3) is 17.2 Å². The van der Waals surface area contributed by atoms with Gasteiger partial charge < -0.3 is 9.73 Å². The summed E-state index contributed by atoms with van der Waals surface area (Å²) in [5, 5.41) is 2.72. The fourth-order valence-corrected chi connectivity index (χ4v) is 1.95. The number of carbonyl (C=O) groups excluding carboxylic acids is 1. The van der Waals surface area contributed by atoms with Gasteiger partial charge in [-0.25, -0.2) is 4.79 Å². The number of fused-ring (bicyclic) bond motifs is 1. The molecule has 0 aliphatic carbocycles. The molecule has 0 atom stereocenters. The highest BCUT2D eigenvalue weighted by atomic mass is 16.4. The van der Waals surface area contributed by atoms with Crippen LogP contribution in [0.4, 0.5) is 5.69 Å². The van der Waals surface area contributed by atoms with Gasteiger partial charge in [0.1, 0.15) is 0 Å². The number of hydrogen-bond donors (Lipinski definition) is 2. The fraction of sp³-hybridized carbons (Fsp3) is 0. The van der Waals surface area contributed by atoms with Gasteiger partial charge in [-0.1, -0.05) is 30.3 Å². The highest BCUT2D eigenvalue weighted by Crippen LogP contribution is 2.16. The number of carbonyl (C=O) groups is 1. The zero-order chi connectivity index (χ0) is 14.7. The maximum Gasteiger partial charge on any atom is 0.417 e. The molecule has 104 valence electrons. The van der Waals surface area contributed by atoms with Gasteiger partial charge in [-0.05, 0) is 29.8 Å². The molecule has 1 aromatic heterocycles. The topological polar surface area (TPSA) is 75.1 Å². The summed E-state index contributed by atoms with van der Waals surface area (Å²) in [6.45, 7) is 0. The zero-order valence-corrected chi connectivity index (χ0v) is 11.0. The molecule has 0 bridgehead atoms. The Labute approximate surface area is 119 Å². The number of aromatic amines is 1. The normalized spacial score (nSPS) is 11.0.